The quantitative estimate of drug-likeness (QED) is 0.596. The van der Waals surface area contributed by atoms with Crippen LogP contribution in [0.15, 0.2) is 53.7 Å². The summed E-state index contributed by atoms with van der Waals surface area (Å²) < 4.78 is 11.0. The monoisotopic (exact) mass is 431 g/mol. The zero-order chi connectivity index (χ0) is 21.0. The van der Waals surface area contributed by atoms with Crippen molar-refractivity contribution in [3.63, 3.8) is 0 Å². The fraction of sp³-hybridized carbons (Fsp3) is 0.238. The molecule has 1 aliphatic rings. The third-order valence-corrected chi connectivity index (χ3v) is 4.91. The number of carbonyl (C=O) groups excluding carboxylic acids is 1. The van der Waals surface area contributed by atoms with E-state index in [9.17, 15) is 4.79 Å². The second kappa shape index (κ2) is 9.15. The molecule has 3 N–H and O–H groups in total. The van der Waals surface area contributed by atoms with Crippen LogP contribution >= 0.6 is 23.8 Å². The summed E-state index contributed by atoms with van der Waals surface area (Å²) in [5.74, 6) is 0.985. The van der Waals surface area contributed by atoms with Crippen LogP contribution in [-0.2, 0) is 4.79 Å². The van der Waals surface area contributed by atoms with Gasteiger partial charge in [0.25, 0.3) is 5.91 Å². The number of methoxy groups -OCH3 is 1. The predicted molar refractivity (Wildman–Crippen MR) is 119 cm³/mol. The van der Waals surface area contributed by atoms with Gasteiger partial charge in [0, 0.05) is 16.4 Å². The third-order valence-electron chi connectivity index (χ3n) is 4.44. The maximum absolute atomic E-state index is 13.1. The minimum absolute atomic E-state index is 0.245. The van der Waals surface area contributed by atoms with E-state index >= 15 is 0 Å². The van der Waals surface area contributed by atoms with Crippen LogP contribution in [0, 0.1) is 0 Å². The van der Waals surface area contributed by atoms with Gasteiger partial charge < -0.3 is 25.4 Å². The molecule has 152 valence electrons. The van der Waals surface area contributed by atoms with Gasteiger partial charge in [0.15, 0.2) is 16.6 Å². The van der Waals surface area contributed by atoms with Gasteiger partial charge in [-0.25, -0.2) is 0 Å². The normalized spacial score (nSPS) is 16.0. The average molecular weight is 432 g/mol. The van der Waals surface area contributed by atoms with Gasteiger partial charge in [-0.1, -0.05) is 17.7 Å². The molecule has 0 bridgehead atoms. The van der Waals surface area contributed by atoms with Gasteiger partial charge in [-0.05, 0) is 68.0 Å². The number of nitrogens with one attached hydrogen (secondary N) is 3. The van der Waals surface area contributed by atoms with Crippen molar-refractivity contribution < 1.29 is 14.3 Å². The largest absolute Gasteiger partial charge is 0.493 e. The van der Waals surface area contributed by atoms with Gasteiger partial charge in [0.2, 0.25) is 0 Å². The van der Waals surface area contributed by atoms with Crippen LogP contribution in [0.1, 0.15) is 25.5 Å². The van der Waals surface area contributed by atoms with Crippen molar-refractivity contribution in [2.75, 3.05) is 19.0 Å². The summed E-state index contributed by atoms with van der Waals surface area (Å²) in [5.41, 5.74) is 2.68. The minimum Gasteiger partial charge on any atom is -0.493 e. The molecule has 2 aromatic carbocycles. The number of carbonyl (C=O) groups is 1. The van der Waals surface area contributed by atoms with E-state index in [0.29, 0.717) is 45.2 Å². The van der Waals surface area contributed by atoms with Crippen LogP contribution in [-0.4, -0.2) is 24.7 Å². The molecular weight excluding hydrogens is 410 g/mol. The first-order valence-corrected chi connectivity index (χ1v) is 9.87. The Morgan fingerprint density at radius 3 is 2.59 bits per heavy atom. The zero-order valence-electron chi connectivity index (χ0n) is 16.3. The molecule has 0 saturated heterocycles. The second-order valence-electron chi connectivity index (χ2n) is 6.37. The summed E-state index contributed by atoms with van der Waals surface area (Å²) in [6.07, 6.45) is 0. The number of hydrogen-bond acceptors (Lipinski definition) is 4. The second-order valence-corrected chi connectivity index (χ2v) is 7.22. The SMILES string of the molecule is CCOc1ccc([C@@H]2NC(=S)NC(C)=C2C(=O)Nc2ccc(Cl)cc2)cc1OC. The van der Waals surface area contributed by atoms with Crippen molar-refractivity contribution in [3.05, 3.63) is 64.3 Å². The zero-order valence-corrected chi connectivity index (χ0v) is 17.9. The maximum atomic E-state index is 13.1. The maximum Gasteiger partial charge on any atom is 0.255 e. The van der Waals surface area contributed by atoms with Crippen molar-refractivity contribution in [2.24, 2.45) is 0 Å². The van der Waals surface area contributed by atoms with Crippen LogP contribution in [0.5, 0.6) is 11.5 Å². The lowest BCUT2D eigenvalue weighted by atomic mass is 9.94. The first-order chi connectivity index (χ1) is 13.9. The number of amides is 1. The van der Waals surface area contributed by atoms with E-state index in [1.807, 2.05) is 32.0 Å². The lowest BCUT2D eigenvalue weighted by molar-refractivity contribution is -0.113. The Morgan fingerprint density at radius 1 is 1.21 bits per heavy atom. The highest BCUT2D eigenvalue weighted by Crippen LogP contribution is 2.34. The van der Waals surface area contributed by atoms with E-state index in [0.717, 1.165) is 5.56 Å². The topological polar surface area (TPSA) is 71.6 Å². The van der Waals surface area contributed by atoms with Gasteiger partial charge in [0.05, 0.1) is 25.3 Å². The van der Waals surface area contributed by atoms with Crippen molar-refractivity contribution in [3.8, 4) is 11.5 Å². The Morgan fingerprint density at radius 2 is 1.93 bits per heavy atom. The van der Waals surface area contributed by atoms with Gasteiger partial charge in [0.1, 0.15) is 0 Å². The molecule has 0 aliphatic carbocycles. The molecule has 8 heteroatoms. The molecule has 0 fully saturated rings. The number of rotatable bonds is 6. The van der Waals surface area contributed by atoms with E-state index in [1.54, 1.807) is 31.4 Å². The van der Waals surface area contributed by atoms with Gasteiger partial charge in [-0.2, -0.15) is 0 Å². The standard InChI is InChI=1S/C21H22ClN3O3S/c1-4-28-16-10-5-13(11-17(16)27-3)19-18(12(2)23-21(29)25-19)20(26)24-15-8-6-14(22)7-9-15/h5-11,19H,4H2,1-3H3,(H,24,26)(H2,23,25,29)/t19-/m0/s1. The molecule has 3 rings (SSSR count). The Bertz CT molecular complexity index is 960. The lowest BCUT2D eigenvalue weighted by Crippen LogP contribution is -2.45. The van der Waals surface area contributed by atoms with Crippen LogP contribution in [0.3, 0.4) is 0 Å². The van der Waals surface area contributed by atoms with Crippen molar-refractivity contribution in [2.45, 2.75) is 19.9 Å². The molecule has 1 aliphatic heterocycles. The van der Waals surface area contributed by atoms with E-state index in [4.69, 9.17) is 33.3 Å². The number of halogens is 1. The molecule has 1 amide bonds. The number of thiocarbonyl (C=S) groups is 1. The molecule has 1 heterocycles. The summed E-state index contributed by atoms with van der Waals surface area (Å²) in [6, 6.07) is 12.1. The number of benzene rings is 2. The summed E-state index contributed by atoms with van der Waals surface area (Å²) in [4.78, 5) is 13.1. The van der Waals surface area contributed by atoms with Crippen LogP contribution in [0.25, 0.3) is 0 Å². The predicted octanol–water partition coefficient (Wildman–Crippen LogP) is 4.18. The van der Waals surface area contributed by atoms with Crippen molar-refractivity contribution in [1.29, 1.82) is 0 Å². The van der Waals surface area contributed by atoms with E-state index in [-0.39, 0.29) is 5.91 Å². The molecule has 0 saturated carbocycles. The molecule has 2 aromatic rings. The Labute approximate surface area is 180 Å². The average Bonchev–Trinajstić information content (AvgIpc) is 2.69. The summed E-state index contributed by atoms with van der Waals surface area (Å²) in [6.45, 7) is 4.26. The minimum atomic E-state index is -0.444. The van der Waals surface area contributed by atoms with Crippen molar-refractivity contribution in [1.82, 2.24) is 10.6 Å². The fourth-order valence-corrected chi connectivity index (χ4v) is 3.51. The summed E-state index contributed by atoms with van der Waals surface area (Å²) in [7, 11) is 1.58. The molecular formula is C21H22ClN3O3S. The molecule has 0 radical (unpaired) electrons. The van der Waals surface area contributed by atoms with E-state index < -0.39 is 6.04 Å². The van der Waals surface area contributed by atoms with E-state index in [1.165, 1.54) is 0 Å². The Hall–Kier alpha value is -2.77. The summed E-state index contributed by atoms with van der Waals surface area (Å²) in [5, 5.41) is 10.2. The van der Waals surface area contributed by atoms with Crippen LogP contribution in [0.2, 0.25) is 5.02 Å². The Balaban J connectivity index is 1.95. The molecule has 6 nitrogen and oxygen atoms in total. The first-order valence-electron chi connectivity index (χ1n) is 9.08. The fourth-order valence-electron chi connectivity index (χ4n) is 3.12. The van der Waals surface area contributed by atoms with Crippen molar-refractivity contribution >= 4 is 40.5 Å². The highest BCUT2D eigenvalue weighted by atomic mass is 35.5. The number of allylic oxidation sites excluding steroid dienone is 1. The molecule has 0 unspecified atom stereocenters. The van der Waals surface area contributed by atoms with Gasteiger partial charge in [-0.3, -0.25) is 4.79 Å². The highest BCUT2D eigenvalue weighted by molar-refractivity contribution is 7.80. The smallest absolute Gasteiger partial charge is 0.255 e. The van der Waals surface area contributed by atoms with E-state index in [2.05, 4.69) is 16.0 Å². The molecule has 1 atom stereocenters. The Kier molecular flexibility index (Phi) is 6.61. The lowest BCUT2D eigenvalue weighted by Gasteiger charge is -2.30. The van der Waals surface area contributed by atoms with Gasteiger partial charge >= 0.3 is 0 Å². The highest BCUT2D eigenvalue weighted by Gasteiger charge is 2.30. The number of anilines is 1. The van der Waals surface area contributed by atoms with Crippen LogP contribution < -0.4 is 25.4 Å². The molecule has 0 spiro atoms. The number of ether oxygens (including phenoxy) is 2. The van der Waals surface area contributed by atoms with Crippen LogP contribution in [0.4, 0.5) is 5.69 Å². The summed E-state index contributed by atoms with van der Waals surface area (Å²) >= 11 is 11.2. The van der Waals surface area contributed by atoms with Gasteiger partial charge in [-0.15, -0.1) is 0 Å². The molecule has 0 aromatic heterocycles. The number of hydrogen-bond donors (Lipinski definition) is 3. The molecule has 29 heavy (non-hydrogen) atoms. The third kappa shape index (κ3) is 4.81. The first kappa shape index (κ1) is 21.0.